The molecule has 7 heteroatoms. The number of hydrazine groups is 2. The number of nitrogens with two attached hydrogens (primary N) is 2. The highest BCUT2D eigenvalue weighted by Crippen LogP contribution is 1.98. The van der Waals surface area contributed by atoms with Gasteiger partial charge in [0.05, 0.1) is 0 Å². The summed E-state index contributed by atoms with van der Waals surface area (Å²) in [5.74, 6) is 9.61. The van der Waals surface area contributed by atoms with Crippen LogP contribution >= 0.6 is 0 Å². The second kappa shape index (κ2) is 4.53. The van der Waals surface area contributed by atoms with Crippen molar-refractivity contribution >= 4 is 17.7 Å². The summed E-state index contributed by atoms with van der Waals surface area (Å²) in [5, 5.41) is 1.24. The van der Waals surface area contributed by atoms with Gasteiger partial charge in [-0.3, -0.25) is 9.80 Å². The maximum absolute atomic E-state index is 10.5. The van der Waals surface area contributed by atoms with Crippen LogP contribution in [0.4, 0.5) is 4.79 Å². The van der Waals surface area contributed by atoms with Crippen LogP contribution < -0.4 is 11.7 Å². The SMILES string of the molecule is CC(C)=O.NN1CC(=O)N(N)C1=O. The second-order valence-corrected chi connectivity index (χ2v) is 2.58. The minimum atomic E-state index is -0.667. The molecular formula is C6H12N4O3. The van der Waals surface area contributed by atoms with E-state index in [4.69, 9.17) is 11.7 Å². The van der Waals surface area contributed by atoms with Gasteiger partial charge in [0, 0.05) is 0 Å². The molecule has 3 amide bonds. The predicted molar refractivity (Wildman–Crippen MR) is 43.7 cm³/mol. The third-order valence-corrected chi connectivity index (χ3v) is 1.03. The molecule has 0 radical (unpaired) electrons. The van der Waals surface area contributed by atoms with Gasteiger partial charge in [-0.05, 0) is 13.8 Å². The Morgan fingerprint density at radius 2 is 1.69 bits per heavy atom. The lowest BCUT2D eigenvalue weighted by Gasteiger charge is -2.04. The molecule has 0 aromatic heterocycles. The molecule has 1 rings (SSSR count). The predicted octanol–water partition coefficient (Wildman–Crippen LogP) is -1.41. The Bertz CT molecular complexity index is 236. The topological polar surface area (TPSA) is 110 Å². The highest BCUT2D eigenvalue weighted by atomic mass is 16.2. The normalized spacial score (nSPS) is 15.7. The largest absolute Gasteiger partial charge is 0.355 e. The number of hydrogen-bond donors (Lipinski definition) is 2. The summed E-state index contributed by atoms with van der Waals surface area (Å²) in [6.45, 7) is 2.93. The van der Waals surface area contributed by atoms with Gasteiger partial charge in [0.2, 0.25) is 0 Å². The van der Waals surface area contributed by atoms with Crippen molar-refractivity contribution in [2.45, 2.75) is 13.8 Å². The van der Waals surface area contributed by atoms with Gasteiger partial charge >= 0.3 is 6.03 Å². The van der Waals surface area contributed by atoms with Gasteiger partial charge in [-0.25, -0.2) is 16.5 Å². The number of rotatable bonds is 0. The smallest absolute Gasteiger partial charge is 0.300 e. The molecule has 1 heterocycles. The van der Waals surface area contributed by atoms with Gasteiger partial charge in [0.25, 0.3) is 5.91 Å². The quantitative estimate of drug-likeness (QED) is 0.276. The molecule has 0 spiro atoms. The fraction of sp³-hybridized carbons (Fsp3) is 0.500. The molecule has 1 aliphatic rings. The first-order valence-electron chi connectivity index (χ1n) is 3.47. The summed E-state index contributed by atoms with van der Waals surface area (Å²) < 4.78 is 0. The number of hydrogen-bond acceptors (Lipinski definition) is 5. The van der Waals surface area contributed by atoms with Crippen molar-refractivity contribution in [2.24, 2.45) is 11.7 Å². The van der Waals surface area contributed by atoms with Gasteiger partial charge < -0.3 is 4.79 Å². The van der Waals surface area contributed by atoms with Crippen molar-refractivity contribution < 1.29 is 14.4 Å². The number of carbonyl (C=O) groups excluding carboxylic acids is 3. The van der Waals surface area contributed by atoms with E-state index in [-0.39, 0.29) is 12.3 Å². The van der Waals surface area contributed by atoms with Crippen molar-refractivity contribution in [2.75, 3.05) is 6.54 Å². The van der Waals surface area contributed by atoms with E-state index in [0.717, 1.165) is 5.01 Å². The number of amides is 3. The highest BCUT2D eigenvalue weighted by Gasteiger charge is 2.31. The van der Waals surface area contributed by atoms with Gasteiger partial charge in [-0.2, -0.15) is 5.01 Å². The van der Waals surface area contributed by atoms with Gasteiger partial charge in [-0.15, -0.1) is 0 Å². The van der Waals surface area contributed by atoms with Crippen LogP contribution in [0.5, 0.6) is 0 Å². The van der Waals surface area contributed by atoms with E-state index in [0.29, 0.717) is 5.01 Å². The zero-order valence-electron chi connectivity index (χ0n) is 7.48. The Balaban J connectivity index is 0.000000310. The summed E-state index contributed by atoms with van der Waals surface area (Å²) in [7, 11) is 0. The third-order valence-electron chi connectivity index (χ3n) is 1.03. The molecule has 0 atom stereocenters. The number of ketones is 1. The number of Topliss-reactive ketones (excluding diaryl/α,β-unsaturated/α-hetero) is 1. The lowest BCUT2D eigenvalue weighted by Crippen LogP contribution is -2.40. The molecular weight excluding hydrogens is 176 g/mol. The van der Waals surface area contributed by atoms with Gasteiger partial charge in [-0.1, -0.05) is 0 Å². The van der Waals surface area contributed by atoms with Crippen LogP contribution in [0.15, 0.2) is 0 Å². The van der Waals surface area contributed by atoms with Crippen molar-refractivity contribution in [3.8, 4) is 0 Å². The standard InChI is InChI=1S/C3H6N4O2.C3H6O/c4-6-1-2(8)7(5)3(6)9;1-3(2)4/h1,4-5H2;1-2H3. The molecule has 0 aromatic carbocycles. The molecule has 4 N–H and O–H groups in total. The number of nitrogens with zero attached hydrogens (tertiary/aromatic N) is 2. The molecule has 1 fully saturated rings. The van der Waals surface area contributed by atoms with E-state index in [1.807, 2.05) is 0 Å². The fourth-order valence-electron chi connectivity index (χ4n) is 0.535. The van der Waals surface area contributed by atoms with E-state index in [1.165, 1.54) is 13.8 Å². The summed E-state index contributed by atoms with van der Waals surface area (Å²) in [5.41, 5.74) is 0. The van der Waals surface area contributed by atoms with Crippen molar-refractivity contribution in [1.82, 2.24) is 10.0 Å². The van der Waals surface area contributed by atoms with Crippen LogP contribution in [0.25, 0.3) is 0 Å². The van der Waals surface area contributed by atoms with Crippen LogP contribution in [0.1, 0.15) is 13.8 Å². The lowest BCUT2D eigenvalue weighted by molar-refractivity contribution is -0.125. The minimum absolute atomic E-state index is 0.130. The summed E-state index contributed by atoms with van der Waals surface area (Å²) >= 11 is 0. The first-order valence-corrected chi connectivity index (χ1v) is 3.47. The Morgan fingerprint density at radius 3 is 1.77 bits per heavy atom. The maximum Gasteiger partial charge on any atom is 0.355 e. The van der Waals surface area contributed by atoms with E-state index in [1.54, 1.807) is 0 Å². The third kappa shape index (κ3) is 3.63. The number of imide groups is 1. The number of carbonyl (C=O) groups is 3. The Kier molecular flexibility index (Phi) is 4.02. The molecule has 1 saturated heterocycles. The lowest BCUT2D eigenvalue weighted by atomic mass is 10.6. The highest BCUT2D eigenvalue weighted by molar-refractivity contribution is 6.00. The molecule has 7 nitrogen and oxygen atoms in total. The molecule has 13 heavy (non-hydrogen) atoms. The van der Waals surface area contributed by atoms with Gasteiger partial charge in [0.15, 0.2) is 0 Å². The molecule has 0 bridgehead atoms. The molecule has 0 aromatic rings. The molecule has 0 saturated carbocycles. The van der Waals surface area contributed by atoms with Crippen LogP contribution in [-0.2, 0) is 9.59 Å². The van der Waals surface area contributed by atoms with E-state index < -0.39 is 11.9 Å². The van der Waals surface area contributed by atoms with E-state index in [2.05, 4.69) is 0 Å². The van der Waals surface area contributed by atoms with Crippen molar-refractivity contribution in [1.29, 1.82) is 0 Å². The van der Waals surface area contributed by atoms with Gasteiger partial charge in [0.1, 0.15) is 12.3 Å². The monoisotopic (exact) mass is 188 g/mol. The molecule has 0 unspecified atom stereocenters. The fourth-order valence-corrected chi connectivity index (χ4v) is 0.535. The maximum atomic E-state index is 10.5. The number of urea groups is 1. The Labute approximate surface area is 75.2 Å². The van der Waals surface area contributed by atoms with Crippen LogP contribution in [0.3, 0.4) is 0 Å². The first-order chi connectivity index (χ1) is 5.86. The average molecular weight is 188 g/mol. The van der Waals surface area contributed by atoms with Crippen molar-refractivity contribution in [3.63, 3.8) is 0 Å². The second-order valence-electron chi connectivity index (χ2n) is 2.58. The first kappa shape index (κ1) is 11.5. The Hall–Kier alpha value is -1.47. The van der Waals surface area contributed by atoms with Crippen molar-refractivity contribution in [3.05, 3.63) is 0 Å². The minimum Gasteiger partial charge on any atom is -0.300 e. The van der Waals surface area contributed by atoms with Crippen LogP contribution in [-0.4, -0.2) is 34.3 Å². The molecule has 74 valence electrons. The van der Waals surface area contributed by atoms with E-state index in [9.17, 15) is 14.4 Å². The van der Waals surface area contributed by atoms with Crippen LogP contribution in [0, 0.1) is 0 Å². The molecule has 0 aliphatic carbocycles. The Morgan fingerprint density at radius 1 is 1.31 bits per heavy atom. The zero-order valence-corrected chi connectivity index (χ0v) is 7.48. The molecule has 1 aliphatic heterocycles. The summed E-state index contributed by atoms with van der Waals surface area (Å²) in [4.78, 5) is 30.4. The summed E-state index contributed by atoms with van der Waals surface area (Å²) in [6, 6.07) is -0.667. The van der Waals surface area contributed by atoms with E-state index >= 15 is 0 Å². The van der Waals surface area contributed by atoms with Crippen LogP contribution in [0.2, 0.25) is 0 Å². The average Bonchev–Trinajstić information content (AvgIpc) is 2.17. The zero-order chi connectivity index (χ0) is 10.6. The summed E-state index contributed by atoms with van der Waals surface area (Å²) in [6.07, 6.45) is 0.